The zero-order valence-electron chi connectivity index (χ0n) is 17.4. The van der Waals surface area contributed by atoms with E-state index in [9.17, 15) is 14.0 Å². The minimum absolute atomic E-state index is 0.244. The van der Waals surface area contributed by atoms with Crippen molar-refractivity contribution in [1.82, 2.24) is 9.47 Å². The fourth-order valence-corrected chi connectivity index (χ4v) is 5.07. The van der Waals surface area contributed by atoms with Gasteiger partial charge in [0.15, 0.2) is 0 Å². The summed E-state index contributed by atoms with van der Waals surface area (Å²) in [5.41, 5.74) is 3.25. The second kappa shape index (κ2) is 9.15. The maximum atomic E-state index is 14.2. The minimum Gasteiger partial charge on any atom is -0.342 e. The van der Waals surface area contributed by atoms with Crippen LogP contribution in [-0.4, -0.2) is 20.6 Å². The number of rotatable bonds is 5. The third-order valence-corrected chi connectivity index (χ3v) is 7.16. The van der Waals surface area contributed by atoms with Crippen LogP contribution < -0.4 is 0 Å². The highest BCUT2D eigenvalue weighted by Crippen LogP contribution is 2.35. The molecule has 0 spiro atoms. The van der Waals surface area contributed by atoms with Gasteiger partial charge in [-0.3, -0.25) is 14.5 Å². The molecule has 4 aromatic rings. The first-order valence-electron chi connectivity index (χ1n) is 10.3. The van der Waals surface area contributed by atoms with Crippen molar-refractivity contribution in [2.24, 2.45) is 0 Å². The number of carbonyl (C=O) groups is 2. The number of carbonyl (C=O) groups excluding carboxylic acids is 2. The zero-order chi connectivity index (χ0) is 22.9. The van der Waals surface area contributed by atoms with Crippen LogP contribution in [0.15, 0.2) is 83.9 Å². The monoisotopic (exact) mass is 568 g/mol. The van der Waals surface area contributed by atoms with Crippen molar-refractivity contribution in [3.05, 3.63) is 110 Å². The summed E-state index contributed by atoms with van der Waals surface area (Å²) in [6.07, 6.45) is 3.67. The van der Waals surface area contributed by atoms with Crippen molar-refractivity contribution >= 4 is 62.5 Å². The smallest absolute Gasteiger partial charge is 0.293 e. The van der Waals surface area contributed by atoms with E-state index in [1.54, 1.807) is 18.2 Å². The number of aromatic nitrogens is 1. The molecule has 0 unspecified atom stereocenters. The van der Waals surface area contributed by atoms with Crippen molar-refractivity contribution in [2.75, 3.05) is 0 Å². The van der Waals surface area contributed by atoms with Crippen LogP contribution >= 0.6 is 34.4 Å². The van der Waals surface area contributed by atoms with E-state index in [-0.39, 0.29) is 23.5 Å². The van der Waals surface area contributed by atoms with Crippen LogP contribution in [-0.2, 0) is 17.9 Å². The van der Waals surface area contributed by atoms with Crippen LogP contribution in [0.2, 0.25) is 0 Å². The molecule has 1 aliphatic heterocycles. The van der Waals surface area contributed by atoms with E-state index in [1.807, 2.05) is 65.4 Å². The van der Waals surface area contributed by atoms with Crippen molar-refractivity contribution in [1.29, 1.82) is 0 Å². The van der Waals surface area contributed by atoms with E-state index in [2.05, 4.69) is 22.6 Å². The predicted molar refractivity (Wildman–Crippen MR) is 138 cm³/mol. The highest BCUT2D eigenvalue weighted by Gasteiger charge is 2.35. The van der Waals surface area contributed by atoms with Gasteiger partial charge < -0.3 is 4.57 Å². The molecule has 0 N–H and O–H groups in total. The molecular formula is C26H18FIN2O2S. The average molecular weight is 568 g/mol. The van der Waals surface area contributed by atoms with E-state index < -0.39 is 0 Å². The largest absolute Gasteiger partial charge is 0.342 e. The van der Waals surface area contributed by atoms with Gasteiger partial charge in [0.2, 0.25) is 0 Å². The number of fused-ring (bicyclic) bond motifs is 1. The van der Waals surface area contributed by atoms with Crippen LogP contribution in [0.25, 0.3) is 17.0 Å². The first kappa shape index (κ1) is 21.9. The number of nitrogens with zero attached hydrogens (tertiary/aromatic N) is 2. The predicted octanol–water partition coefficient (Wildman–Crippen LogP) is 6.67. The molecule has 5 rings (SSSR count). The summed E-state index contributed by atoms with van der Waals surface area (Å²) in [6.45, 7) is 0.614. The Labute approximate surface area is 208 Å². The first-order valence-corrected chi connectivity index (χ1v) is 12.2. The topological polar surface area (TPSA) is 42.3 Å². The third-order valence-electron chi connectivity index (χ3n) is 5.53. The lowest BCUT2D eigenvalue weighted by Gasteiger charge is -2.12. The summed E-state index contributed by atoms with van der Waals surface area (Å²) in [6, 6.07) is 22.2. The van der Waals surface area contributed by atoms with Crippen molar-refractivity contribution in [2.45, 2.75) is 13.1 Å². The molecule has 1 aliphatic rings. The zero-order valence-corrected chi connectivity index (χ0v) is 20.3. The van der Waals surface area contributed by atoms with Crippen LogP contribution in [0.3, 0.4) is 0 Å². The van der Waals surface area contributed by atoms with E-state index >= 15 is 0 Å². The number of thioether (sulfide) groups is 1. The summed E-state index contributed by atoms with van der Waals surface area (Å²) in [7, 11) is 0. The lowest BCUT2D eigenvalue weighted by Crippen LogP contribution is -2.27. The molecular weight excluding hydrogens is 550 g/mol. The molecule has 1 saturated heterocycles. The van der Waals surface area contributed by atoms with Crippen LogP contribution in [0.5, 0.6) is 0 Å². The maximum Gasteiger partial charge on any atom is 0.293 e. The molecule has 1 aromatic heterocycles. The van der Waals surface area contributed by atoms with Gasteiger partial charge in [-0.1, -0.05) is 48.5 Å². The Bertz CT molecular complexity index is 1410. The summed E-state index contributed by atoms with van der Waals surface area (Å²) >= 11 is 3.17. The van der Waals surface area contributed by atoms with Gasteiger partial charge in [0, 0.05) is 31.8 Å². The molecule has 3 aromatic carbocycles. The van der Waals surface area contributed by atoms with Gasteiger partial charge in [0.25, 0.3) is 11.1 Å². The first-order chi connectivity index (χ1) is 16.0. The molecule has 33 heavy (non-hydrogen) atoms. The number of hydrogen-bond acceptors (Lipinski definition) is 3. The molecule has 2 heterocycles. The van der Waals surface area contributed by atoms with Crippen molar-refractivity contribution in [3.8, 4) is 0 Å². The fraction of sp³-hybridized carbons (Fsp3) is 0.0769. The maximum absolute atomic E-state index is 14.2. The number of para-hydroxylation sites is 1. The summed E-state index contributed by atoms with van der Waals surface area (Å²) in [5, 5.41) is 0.665. The fourth-order valence-electron chi connectivity index (χ4n) is 3.88. The summed E-state index contributed by atoms with van der Waals surface area (Å²) in [4.78, 5) is 27.3. The molecule has 2 amide bonds. The summed E-state index contributed by atoms with van der Waals surface area (Å²) < 4.78 is 17.3. The Morgan fingerprint density at radius 1 is 0.909 bits per heavy atom. The lowest BCUT2D eigenvalue weighted by atomic mass is 10.1. The van der Waals surface area contributed by atoms with Gasteiger partial charge in [-0.2, -0.15) is 0 Å². The number of amides is 2. The quantitative estimate of drug-likeness (QED) is 0.200. The molecule has 7 heteroatoms. The normalized spacial score (nSPS) is 15.2. The molecule has 164 valence electrons. The van der Waals surface area contributed by atoms with E-state index in [0.29, 0.717) is 17.0 Å². The minimum atomic E-state index is -0.297. The Kier molecular flexibility index (Phi) is 6.07. The van der Waals surface area contributed by atoms with Gasteiger partial charge in [-0.15, -0.1) is 0 Å². The highest BCUT2D eigenvalue weighted by atomic mass is 127. The molecule has 0 aliphatic carbocycles. The number of hydrogen-bond donors (Lipinski definition) is 0. The van der Waals surface area contributed by atoms with Gasteiger partial charge in [0.05, 0.1) is 18.0 Å². The third kappa shape index (κ3) is 4.47. The highest BCUT2D eigenvalue weighted by molar-refractivity contribution is 14.1. The molecule has 1 fully saturated rings. The number of halogens is 2. The van der Waals surface area contributed by atoms with Gasteiger partial charge >= 0.3 is 0 Å². The van der Waals surface area contributed by atoms with E-state index in [0.717, 1.165) is 37.4 Å². The van der Waals surface area contributed by atoms with Gasteiger partial charge in [-0.25, -0.2) is 4.39 Å². The molecule has 0 saturated carbocycles. The van der Waals surface area contributed by atoms with E-state index in [1.165, 1.54) is 11.0 Å². The average Bonchev–Trinajstić information content (AvgIpc) is 3.29. The van der Waals surface area contributed by atoms with Gasteiger partial charge in [-0.05, 0) is 70.3 Å². The van der Waals surface area contributed by atoms with Crippen LogP contribution in [0.1, 0.15) is 16.7 Å². The summed E-state index contributed by atoms with van der Waals surface area (Å²) in [5.74, 6) is -0.553. The van der Waals surface area contributed by atoms with Crippen molar-refractivity contribution < 1.29 is 14.0 Å². The standard InChI is InChI=1S/C26H18FIN2O2S/c27-22-7-3-1-5-18(22)15-29-16-19(21-6-2-4-8-23(21)29)13-24-25(31)30(26(32)33-24)14-17-9-11-20(28)12-10-17/h1-13,16H,14-15H2/b24-13-. The number of imide groups is 1. The molecule has 0 atom stereocenters. The van der Waals surface area contributed by atoms with E-state index in [4.69, 9.17) is 0 Å². The molecule has 0 radical (unpaired) electrons. The second-order valence-electron chi connectivity index (χ2n) is 7.72. The Morgan fingerprint density at radius 3 is 2.42 bits per heavy atom. The lowest BCUT2D eigenvalue weighted by molar-refractivity contribution is -0.123. The Balaban J connectivity index is 1.46. The SMILES string of the molecule is O=C1S/C(=C\c2cn(Cc3ccccc3F)c3ccccc23)C(=O)N1Cc1ccc(I)cc1. The van der Waals surface area contributed by atoms with Crippen LogP contribution in [0, 0.1) is 9.39 Å². The Morgan fingerprint density at radius 2 is 1.64 bits per heavy atom. The van der Waals surface area contributed by atoms with Crippen molar-refractivity contribution in [3.63, 3.8) is 0 Å². The van der Waals surface area contributed by atoms with Crippen LogP contribution in [0.4, 0.5) is 9.18 Å². The molecule has 4 nitrogen and oxygen atoms in total. The second-order valence-corrected chi connectivity index (χ2v) is 9.95. The molecule has 0 bridgehead atoms. The Hall–Kier alpha value is -2.91. The number of benzene rings is 3. The van der Waals surface area contributed by atoms with Gasteiger partial charge in [0.1, 0.15) is 5.82 Å².